The van der Waals surface area contributed by atoms with Gasteiger partial charge in [-0.3, -0.25) is 9.59 Å². The second-order valence-electron chi connectivity index (χ2n) is 3.78. The van der Waals surface area contributed by atoms with E-state index in [1.807, 2.05) is 34.4 Å². The number of hydrogen-bond donors (Lipinski definition) is 2. The number of nitrogens with one attached hydrogen (secondary N) is 2. The second-order valence-corrected chi connectivity index (χ2v) is 4.86. The number of piperazine rings is 1. The molecule has 1 aromatic heterocycles. The molecule has 2 N–H and O–H groups in total. The summed E-state index contributed by atoms with van der Waals surface area (Å²) < 4.78 is 0.526. The number of nitrogens with zero attached hydrogens (tertiary/aromatic N) is 2. The summed E-state index contributed by atoms with van der Waals surface area (Å²) in [4.78, 5) is 31.9. The molecule has 92 valence electrons. The zero-order chi connectivity index (χ0) is 12.4. The van der Waals surface area contributed by atoms with E-state index in [1.54, 1.807) is 0 Å². The Hall–Kier alpha value is -1.12. The maximum Gasteiger partial charge on any atom is 0.266 e. The summed E-state index contributed by atoms with van der Waals surface area (Å²) in [5.74, 6) is 0.590. The van der Waals surface area contributed by atoms with Crippen molar-refractivity contribution in [1.29, 1.82) is 0 Å². The number of carbonyl (C=O) groups is 1. The first-order valence-corrected chi connectivity index (χ1v) is 6.50. The third-order valence-electron chi connectivity index (χ3n) is 2.77. The van der Waals surface area contributed by atoms with Crippen LogP contribution in [0.15, 0.2) is 11.1 Å². The van der Waals surface area contributed by atoms with Crippen molar-refractivity contribution in [3.63, 3.8) is 0 Å². The normalized spacial score (nSPS) is 20.2. The van der Waals surface area contributed by atoms with Crippen LogP contribution in [0.4, 0.5) is 5.82 Å². The van der Waals surface area contributed by atoms with E-state index in [-0.39, 0.29) is 17.5 Å². The Morgan fingerprint density at radius 2 is 2.35 bits per heavy atom. The molecule has 1 fully saturated rings. The predicted octanol–water partition coefficient (Wildman–Crippen LogP) is 0.0893. The van der Waals surface area contributed by atoms with Crippen LogP contribution in [0.3, 0.4) is 0 Å². The third-order valence-corrected chi connectivity index (χ3v) is 3.74. The summed E-state index contributed by atoms with van der Waals surface area (Å²) >= 11 is 1.96. The molecule has 1 aliphatic heterocycles. The number of H-pyrrole nitrogens is 1. The Balaban J connectivity index is 2.40. The molecule has 1 unspecified atom stereocenters. The Labute approximate surface area is 112 Å². The van der Waals surface area contributed by atoms with Gasteiger partial charge in [-0.25, -0.2) is 4.98 Å². The summed E-state index contributed by atoms with van der Waals surface area (Å²) in [6, 6.07) is -0.244. The Kier molecular flexibility index (Phi) is 3.65. The van der Waals surface area contributed by atoms with Gasteiger partial charge in [0.25, 0.3) is 5.56 Å². The van der Waals surface area contributed by atoms with Crippen LogP contribution >= 0.6 is 22.6 Å². The van der Waals surface area contributed by atoms with Gasteiger partial charge in [0.05, 0.1) is 6.33 Å². The van der Waals surface area contributed by atoms with E-state index in [9.17, 15) is 9.59 Å². The molecule has 6 nitrogen and oxygen atoms in total. The topological polar surface area (TPSA) is 78.1 Å². The van der Waals surface area contributed by atoms with Gasteiger partial charge in [-0.15, -0.1) is 0 Å². The number of aromatic nitrogens is 2. The molecule has 2 heterocycles. The van der Waals surface area contributed by atoms with Gasteiger partial charge in [0.15, 0.2) is 0 Å². The van der Waals surface area contributed by atoms with Gasteiger partial charge in [0.1, 0.15) is 15.4 Å². The lowest BCUT2D eigenvalue weighted by molar-refractivity contribution is -0.123. The van der Waals surface area contributed by atoms with Gasteiger partial charge in [-0.2, -0.15) is 0 Å². The van der Waals surface area contributed by atoms with Crippen molar-refractivity contribution in [2.45, 2.75) is 19.4 Å². The molecule has 2 rings (SSSR count). The summed E-state index contributed by atoms with van der Waals surface area (Å²) in [6.45, 7) is 3.21. The standard InChI is InChI=1S/C10H13IN4O2/c1-2-6-9(16)12-3-4-15(6)8-7(11)10(17)14-5-13-8/h5-6H,2-4H2,1H3,(H,12,16)(H,13,14,17). The Morgan fingerprint density at radius 3 is 3.06 bits per heavy atom. The van der Waals surface area contributed by atoms with Crippen molar-refractivity contribution in [1.82, 2.24) is 15.3 Å². The van der Waals surface area contributed by atoms with Gasteiger partial charge in [-0.1, -0.05) is 6.92 Å². The minimum absolute atomic E-state index is 0.00312. The first-order valence-electron chi connectivity index (χ1n) is 5.42. The minimum atomic E-state index is -0.244. The van der Waals surface area contributed by atoms with Crippen molar-refractivity contribution < 1.29 is 4.79 Å². The van der Waals surface area contributed by atoms with E-state index < -0.39 is 0 Å². The lowest BCUT2D eigenvalue weighted by Crippen LogP contribution is -2.55. The molecule has 1 amide bonds. The van der Waals surface area contributed by atoms with Crippen LogP contribution in [0.5, 0.6) is 0 Å². The minimum Gasteiger partial charge on any atom is -0.353 e. The lowest BCUT2D eigenvalue weighted by Gasteiger charge is -2.35. The SMILES string of the molecule is CCC1C(=O)NCCN1c1nc[nH]c(=O)c1I. The number of rotatable bonds is 2. The number of halogens is 1. The number of amides is 1. The van der Waals surface area contributed by atoms with Gasteiger partial charge < -0.3 is 15.2 Å². The van der Waals surface area contributed by atoms with Crippen LogP contribution < -0.4 is 15.8 Å². The molecular weight excluding hydrogens is 335 g/mol. The molecular formula is C10H13IN4O2. The molecule has 0 bridgehead atoms. The first kappa shape index (κ1) is 12.3. The fraction of sp³-hybridized carbons (Fsp3) is 0.500. The van der Waals surface area contributed by atoms with E-state index in [4.69, 9.17) is 0 Å². The smallest absolute Gasteiger partial charge is 0.266 e. The maximum atomic E-state index is 11.7. The van der Waals surface area contributed by atoms with Crippen LogP contribution in [0, 0.1) is 3.57 Å². The van der Waals surface area contributed by atoms with E-state index >= 15 is 0 Å². The van der Waals surface area contributed by atoms with Crippen molar-refractivity contribution >= 4 is 34.3 Å². The maximum absolute atomic E-state index is 11.7. The van der Waals surface area contributed by atoms with Crippen molar-refractivity contribution in [2.75, 3.05) is 18.0 Å². The zero-order valence-corrected chi connectivity index (χ0v) is 11.5. The van der Waals surface area contributed by atoms with Crippen molar-refractivity contribution in [2.24, 2.45) is 0 Å². The summed E-state index contributed by atoms with van der Waals surface area (Å²) in [6.07, 6.45) is 2.06. The third kappa shape index (κ3) is 2.28. The highest BCUT2D eigenvalue weighted by molar-refractivity contribution is 14.1. The van der Waals surface area contributed by atoms with Crippen LogP contribution in [-0.2, 0) is 4.79 Å². The van der Waals surface area contributed by atoms with E-state index in [0.717, 1.165) is 0 Å². The van der Waals surface area contributed by atoms with E-state index in [0.29, 0.717) is 28.9 Å². The monoisotopic (exact) mass is 348 g/mol. The van der Waals surface area contributed by atoms with E-state index in [1.165, 1.54) is 6.33 Å². The average molecular weight is 348 g/mol. The molecule has 0 aliphatic carbocycles. The van der Waals surface area contributed by atoms with Crippen LogP contribution in [0.2, 0.25) is 0 Å². The molecule has 7 heteroatoms. The van der Waals surface area contributed by atoms with Crippen LogP contribution in [0.1, 0.15) is 13.3 Å². The molecule has 1 aromatic rings. The van der Waals surface area contributed by atoms with Crippen molar-refractivity contribution in [3.05, 3.63) is 20.3 Å². The van der Waals surface area contributed by atoms with Crippen LogP contribution in [0.25, 0.3) is 0 Å². The fourth-order valence-corrected chi connectivity index (χ4v) is 2.55. The summed E-state index contributed by atoms with van der Waals surface area (Å²) in [5, 5.41) is 2.82. The van der Waals surface area contributed by atoms with Gasteiger partial charge >= 0.3 is 0 Å². The van der Waals surface area contributed by atoms with Gasteiger partial charge in [0, 0.05) is 13.1 Å². The Morgan fingerprint density at radius 1 is 1.59 bits per heavy atom. The second kappa shape index (κ2) is 5.03. The quantitative estimate of drug-likeness (QED) is 0.743. The van der Waals surface area contributed by atoms with E-state index in [2.05, 4.69) is 15.3 Å². The molecule has 17 heavy (non-hydrogen) atoms. The number of hydrogen-bond acceptors (Lipinski definition) is 4. The highest BCUT2D eigenvalue weighted by Crippen LogP contribution is 2.20. The predicted molar refractivity (Wildman–Crippen MR) is 72.0 cm³/mol. The highest BCUT2D eigenvalue weighted by atomic mass is 127. The largest absolute Gasteiger partial charge is 0.353 e. The molecule has 1 aliphatic rings. The average Bonchev–Trinajstić information content (AvgIpc) is 2.32. The van der Waals surface area contributed by atoms with Gasteiger partial charge in [-0.05, 0) is 29.0 Å². The highest BCUT2D eigenvalue weighted by Gasteiger charge is 2.30. The zero-order valence-electron chi connectivity index (χ0n) is 9.36. The summed E-state index contributed by atoms with van der Waals surface area (Å²) in [5.41, 5.74) is -0.170. The molecule has 0 aromatic carbocycles. The number of anilines is 1. The molecule has 0 spiro atoms. The number of aromatic amines is 1. The molecule has 1 saturated heterocycles. The molecule has 1 atom stereocenters. The summed E-state index contributed by atoms with van der Waals surface area (Å²) in [7, 11) is 0. The van der Waals surface area contributed by atoms with Crippen molar-refractivity contribution in [3.8, 4) is 0 Å². The van der Waals surface area contributed by atoms with Crippen LogP contribution in [-0.4, -0.2) is 35.0 Å². The molecule has 0 radical (unpaired) electrons. The molecule has 0 saturated carbocycles. The van der Waals surface area contributed by atoms with Gasteiger partial charge in [0.2, 0.25) is 5.91 Å². The first-order chi connectivity index (χ1) is 8.15. The Bertz CT molecular complexity index is 487. The number of carbonyl (C=O) groups excluding carboxylic acids is 1. The fourth-order valence-electron chi connectivity index (χ4n) is 1.95. The lowest BCUT2D eigenvalue weighted by atomic mass is 10.1.